The summed E-state index contributed by atoms with van der Waals surface area (Å²) in [5.74, 6) is 0.914. The molecule has 0 saturated carbocycles. The summed E-state index contributed by atoms with van der Waals surface area (Å²) in [4.78, 5) is 0. The lowest BCUT2D eigenvalue weighted by molar-refractivity contribution is 0.410. The van der Waals surface area contributed by atoms with Crippen molar-refractivity contribution in [1.29, 1.82) is 0 Å². The normalized spacial score (nSPS) is 12.2. The van der Waals surface area contributed by atoms with Crippen LogP contribution in [0.3, 0.4) is 0 Å². The average molecular weight is 219 g/mol. The van der Waals surface area contributed by atoms with E-state index < -0.39 is 0 Å². The molecule has 0 aliphatic heterocycles. The number of unbranched alkanes of at least 4 members (excludes halogenated alkanes) is 1. The molecule has 1 aromatic rings. The van der Waals surface area contributed by atoms with Crippen LogP contribution in [0.15, 0.2) is 30.9 Å². The van der Waals surface area contributed by atoms with E-state index >= 15 is 0 Å². The molecule has 0 spiro atoms. The second-order valence-electron chi connectivity index (χ2n) is 4.06. The molecule has 0 saturated heterocycles. The van der Waals surface area contributed by atoms with Gasteiger partial charge in [0.25, 0.3) is 0 Å². The highest BCUT2D eigenvalue weighted by Gasteiger charge is 2.07. The zero-order valence-electron chi connectivity index (χ0n) is 10.2. The van der Waals surface area contributed by atoms with Crippen LogP contribution in [0.1, 0.15) is 36.4 Å². The fraction of sp³-hybridized carbons (Fsp3) is 0.429. The smallest absolute Gasteiger partial charge is 0.122 e. The number of benzene rings is 1. The minimum atomic E-state index is 0.0921. The molecular weight excluding hydrogens is 198 g/mol. The number of aryl methyl sites for hydroxylation is 1. The third-order valence-electron chi connectivity index (χ3n) is 2.78. The van der Waals surface area contributed by atoms with Crippen molar-refractivity contribution in [2.24, 2.45) is 5.73 Å². The zero-order chi connectivity index (χ0) is 12.0. The quantitative estimate of drug-likeness (QED) is 0.588. The summed E-state index contributed by atoms with van der Waals surface area (Å²) in [6, 6.07) is 6.26. The van der Waals surface area contributed by atoms with Crippen LogP contribution in [-0.4, -0.2) is 7.11 Å². The van der Waals surface area contributed by atoms with Crippen LogP contribution in [0.2, 0.25) is 0 Å². The van der Waals surface area contributed by atoms with E-state index in [1.165, 1.54) is 0 Å². The maximum atomic E-state index is 6.12. The Morgan fingerprint density at radius 3 is 2.88 bits per heavy atom. The van der Waals surface area contributed by atoms with Gasteiger partial charge in [-0.3, -0.25) is 0 Å². The molecule has 2 heteroatoms. The van der Waals surface area contributed by atoms with E-state index in [0.717, 1.165) is 36.1 Å². The summed E-state index contributed by atoms with van der Waals surface area (Å²) in [7, 11) is 1.69. The largest absolute Gasteiger partial charge is 0.496 e. The lowest BCUT2D eigenvalue weighted by atomic mass is 10.0. The molecule has 0 amide bonds. The molecule has 0 aliphatic rings. The molecule has 88 valence electrons. The van der Waals surface area contributed by atoms with Crippen LogP contribution in [0.25, 0.3) is 0 Å². The molecule has 0 heterocycles. The van der Waals surface area contributed by atoms with Crippen LogP contribution in [0, 0.1) is 6.92 Å². The Bertz CT molecular complexity index is 347. The molecule has 1 atom stereocenters. The molecule has 0 fully saturated rings. The molecule has 0 bridgehead atoms. The third-order valence-corrected chi connectivity index (χ3v) is 2.78. The second kappa shape index (κ2) is 6.33. The van der Waals surface area contributed by atoms with Gasteiger partial charge in [0.05, 0.1) is 7.11 Å². The number of hydrogen-bond donors (Lipinski definition) is 1. The number of nitrogens with two attached hydrogens (primary N) is 1. The minimum Gasteiger partial charge on any atom is -0.496 e. The van der Waals surface area contributed by atoms with Gasteiger partial charge in [0.1, 0.15) is 5.75 Å². The van der Waals surface area contributed by atoms with Crippen LogP contribution < -0.4 is 10.5 Å². The summed E-state index contributed by atoms with van der Waals surface area (Å²) in [6.07, 6.45) is 5.03. The molecule has 0 aromatic heterocycles. The molecule has 0 aliphatic carbocycles. The predicted molar refractivity (Wildman–Crippen MR) is 68.7 cm³/mol. The average Bonchev–Trinajstić information content (AvgIpc) is 2.30. The Balaban J connectivity index is 2.67. The number of rotatable bonds is 6. The molecule has 0 radical (unpaired) electrons. The maximum absolute atomic E-state index is 6.12. The van der Waals surface area contributed by atoms with E-state index in [1.807, 2.05) is 19.1 Å². The lowest BCUT2D eigenvalue weighted by Gasteiger charge is -2.13. The van der Waals surface area contributed by atoms with Crippen molar-refractivity contribution in [1.82, 2.24) is 0 Å². The highest BCUT2D eigenvalue weighted by molar-refractivity contribution is 5.37. The van der Waals surface area contributed by atoms with Gasteiger partial charge in [0, 0.05) is 6.04 Å². The highest BCUT2D eigenvalue weighted by atomic mass is 16.5. The van der Waals surface area contributed by atoms with Crippen molar-refractivity contribution in [2.45, 2.75) is 32.2 Å². The van der Waals surface area contributed by atoms with Gasteiger partial charge >= 0.3 is 0 Å². The first-order valence-electron chi connectivity index (χ1n) is 5.70. The van der Waals surface area contributed by atoms with Crippen molar-refractivity contribution >= 4 is 0 Å². The van der Waals surface area contributed by atoms with Gasteiger partial charge in [-0.2, -0.15) is 0 Å². The van der Waals surface area contributed by atoms with E-state index in [9.17, 15) is 0 Å². The van der Waals surface area contributed by atoms with E-state index in [2.05, 4.69) is 18.7 Å². The summed E-state index contributed by atoms with van der Waals surface area (Å²) >= 11 is 0. The van der Waals surface area contributed by atoms with Gasteiger partial charge in [0.15, 0.2) is 0 Å². The number of methoxy groups -OCH3 is 1. The van der Waals surface area contributed by atoms with Crippen LogP contribution in [-0.2, 0) is 0 Å². The number of hydrogen-bond acceptors (Lipinski definition) is 2. The monoisotopic (exact) mass is 219 g/mol. The van der Waals surface area contributed by atoms with Gasteiger partial charge in [-0.25, -0.2) is 0 Å². The molecule has 16 heavy (non-hydrogen) atoms. The van der Waals surface area contributed by atoms with E-state index in [1.54, 1.807) is 7.11 Å². The molecular formula is C14H21NO. The first-order valence-corrected chi connectivity index (χ1v) is 5.70. The predicted octanol–water partition coefficient (Wildman–Crippen LogP) is 3.36. The zero-order valence-corrected chi connectivity index (χ0v) is 10.2. The van der Waals surface area contributed by atoms with Crippen molar-refractivity contribution in [3.63, 3.8) is 0 Å². The Labute approximate surface area is 98.1 Å². The minimum absolute atomic E-state index is 0.0921. The first kappa shape index (κ1) is 12.8. The SMILES string of the molecule is C=CCCCC(N)c1ccc(C)c(OC)c1. The Hall–Kier alpha value is -1.28. The van der Waals surface area contributed by atoms with E-state index in [4.69, 9.17) is 10.5 Å². The van der Waals surface area contributed by atoms with E-state index in [0.29, 0.717) is 0 Å². The second-order valence-corrected chi connectivity index (χ2v) is 4.06. The van der Waals surface area contributed by atoms with Gasteiger partial charge in [0.2, 0.25) is 0 Å². The number of ether oxygens (including phenoxy) is 1. The van der Waals surface area contributed by atoms with Crippen LogP contribution >= 0.6 is 0 Å². The first-order chi connectivity index (χ1) is 7.69. The van der Waals surface area contributed by atoms with Crippen molar-refractivity contribution in [3.05, 3.63) is 42.0 Å². The van der Waals surface area contributed by atoms with Gasteiger partial charge in [-0.05, 0) is 43.4 Å². The van der Waals surface area contributed by atoms with Crippen LogP contribution in [0.5, 0.6) is 5.75 Å². The fourth-order valence-electron chi connectivity index (χ4n) is 1.72. The summed E-state index contributed by atoms with van der Waals surface area (Å²) in [6.45, 7) is 5.74. The van der Waals surface area contributed by atoms with Crippen LogP contribution in [0.4, 0.5) is 0 Å². The van der Waals surface area contributed by atoms with Crippen molar-refractivity contribution < 1.29 is 4.74 Å². The van der Waals surface area contributed by atoms with Gasteiger partial charge < -0.3 is 10.5 Å². The fourth-order valence-corrected chi connectivity index (χ4v) is 1.72. The van der Waals surface area contributed by atoms with E-state index in [-0.39, 0.29) is 6.04 Å². The Morgan fingerprint density at radius 1 is 1.50 bits per heavy atom. The standard InChI is InChI=1S/C14H21NO/c1-4-5-6-7-13(15)12-9-8-11(2)14(10-12)16-3/h4,8-10,13H,1,5-7,15H2,2-3H3. The lowest BCUT2D eigenvalue weighted by Crippen LogP contribution is -2.10. The maximum Gasteiger partial charge on any atom is 0.122 e. The number of allylic oxidation sites excluding steroid dienone is 1. The van der Waals surface area contributed by atoms with Gasteiger partial charge in [-0.1, -0.05) is 18.2 Å². The Morgan fingerprint density at radius 2 is 2.25 bits per heavy atom. The third kappa shape index (κ3) is 3.38. The Kier molecular flexibility index (Phi) is 5.06. The summed E-state index contributed by atoms with van der Waals surface area (Å²) in [5.41, 5.74) is 8.41. The van der Waals surface area contributed by atoms with Gasteiger partial charge in [-0.15, -0.1) is 6.58 Å². The topological polar surface area (TPSA) is 35.2 Å². The van der Waals surface area contributed by atoms with Crippen molar-refractivity contribution in [3.8, 4) is 5.75 Å². The summed E-state index contributed by atoms with van der Waals surface area (Å²) < 4.78 is 5.29. The molecule has 2 nitrogen and oxygen atoms in total. The highest BCUT2D eigenvalue weighted by Crippen LogP contribution is 2.24. The van der Waals surface area contributed by atoms with Crippen molar-refractivity contribution in [2.75, 3.05) is 7.11 Å². The molecule has 1 rings (SSSR count). The molecule has 1 unspecified atom stereocenters. The molecule has 2 N–H and O–H groups in total. The molecule has 1 aromatic carbocycles. The summed E-state index contributed by atoms with van der Waals surface area (Å²) in [5, 5.41) is 0.